The van der Waals surface area contributed by atoms with Crippen LogP contribution >= 0.6 is 24.0 Å². The monoisotopic (exact) mass is 571 g/mol. The summed E-state index contributed by atoms with van der Waals surface area (Å²) >= 11 is 0. The van der Waals surface area contributed by atoms with E-state index in [1.165, 1.54) is 13.1 Å². The van der Waals surface area contributed by atoms with Crippen LogP contribution in [0.5, 0.6) is 0 Å². The quantitative estimate of drug-likeness (QED) is 0.185. The maximum atomic E-state index is 12.1. The Morgan fingerprint density at radius 3 is 2.22 bits per heavy atom. The largest absolute Gasteiger partial charge is 0.411 e. The van der Waals surface area contributed by atoms with Crippen LogP contribution in [0.1, 0.15) is 30.9 Å². The van der Waals surface area contributed by atoms with Crippen LogP contribution in [-0.4, -0.2) is 81.4 Å². The van der Waals surface area contributed by atoms with Crippen molar-refractivity contribution in [2.45, 2.75) is 39.1 Å². The Morgan fingerprint density at radius 1 is 1.00 bits per heavy atom. The molecule has 0 amide bonds. The minimum atomic E-state index is -4.29. The Labute approximate surface area is 207 Å². The van der Waals surface area contributed by atoms with Gasteiger partial charge in [0.15, 0.2) is 5.96 Å². The fraction of sp³-hybridized carbons (Fsp3) is 0.682. The van der Waals surface area contributed by atoms with Crippen molar-refractivity contribution in [1.29, 1.82) is 0 Å². The summed E-state index contributed by atoms with van der Waals surface area (Å²) in [4.78, 5) is 9.27. The number of unbranched alkanes of at least 4 members (excludes halogenated alkanes) is 1. The van der Waals surface area contributed by atoms with Crippen LogP contribution in [0.25, 0.3) is 0 Å². The zero-order chi connectivity index (χ0) is 22.5. The average Bonchev–Trinajstić information content (AvgIpc) is 2.76. The second kappa shape index (κ2) is 15.7. The molecule has 2 N–H and O–H groups in total. The van der Waals surface area contributed by atoms with E-state index in [1.54, 1.807) is 19.2 Å². The van der Waals surface area contributed by atoms with Gasteiger partial charge in [-0.25, -0.2) is 0 Å². The van der Waals surface area contributed by atoms with E-state index in [1.807, 2.05) is 12.1 Å². The van der Waals surface area contributed by atoms with Crippen LogP contribution in [-0.2, 0) is 17.9 Å². The summed E-state index contributed by atoms with van der Waals surface area (Å²) in [5, 5.41) is 6.60. The lowest BCUT2D eigenvalue weighted by atomic mass is 10.1. The maximum absolute atomic E-state index is 12.1. The number of aliphatic imine (C=N–C) groups is 1. The summed E-state index contributed by atoms with van der Waals surface area (Å²) in [6, 6.07) is 7.32. The average molecular weight is 571 g/mol. The highest BCUT2D eigenvalue weighted by Gasteiger charge is 2.27. The van der Waals surface area contributed by atoms with Crippen LogP contribution < -0.4 is 10.6 Å². The van der Waals surface area contributed by atoms with Crippen LogP contribution in [0.15, 0.2) is 29.3 Å². The van der Waals surface area contributed by atoms with Gasteiger partial charge < -0.3 is 25.2 Å². The summed E-state index contributed by atoms with van der Waals surface area (Å²) < 4.78 is 41.0. The smallest absolute Gasteiger partial charge is 0.367 e. The molecule has 0 saturated carbocycles. The molecular weight excluding hydrogens is 534 g/mol. The van der Waals surface area contributed by atoms with Crippen molar-refractivity contribution in [2.24, 2.45) is 4.99 Å². The number of piperazine rings is 1. The van der Waals surface area contributed by atoms with E-state index in [9.17, 15) is 13.2 Å². The molecular formula is C22H37F3IN5O. The molecule has 6 nitrogen and oxygen atoms in total. The maximum Gasteiger partial charge on any atom is 0.411 e. The van der Waals surface area contributed by atoms with Gasteiger partial charge >= 0.3 is 6.18 Å². The van der Waals surface area contributed by atoms with Gasteiger partial charge in [0, 0.05) is 46.3 Å². The number of nitrogens with zero attached hydrogens (tertiary/aromatic N) is 3. The minimum Gasteiger partial charge on any atom is -0.367 e. The number of likely N-dealkylation sites (N-methyl/N-ethyl adjacent to an activating group) is 1. The highest BCUT2D eigenvalue weighted by molar-refractivity contribution is 14.0. The fourth-order valence-electron chi connectivity index (χ4n) is 3.44. The number of rotatable bonds is 11. The first-order valence-electron chi connectivity index (χ1n) is 11.0. The van der Waals surface area contributed by atoms with Gasteiger partial charge in [-0.2, -0.15) is 13.2 Å². The molecule has 1 saturated heterocycles. The molecule has 1 aromatic rings. The molecule has 1 heterocycles. The molecule has 32 heavy (non-hydrogen) atoms. The van der Waals surface area contributed by atoms with Crippen LogP contribution in [0, 0.1) is 0 Å². The zero-order valence-corrected chi connectivity index (χ0v) is 21.4. The highest BCUT2D eigenvalue weighted by atomic mass is 127. The third-order valence-corrected chi connectivity index (χ3v) is 5.35. The summed E-state index contributed by atoms with van der Waals surface area (Å²) in [6.07, 6.45) is -2.05. The molecule has 0 spiro atoms. The van der Waals surface area contributed by atoms with E-state index >= 15 is 0 Å². The van der Waals surface area contributed by atoms with Crippen LogP contribution in [0.4, 0.5) is 13.2 Å². The summed E-state index contributed by atoms with van der Waals surface area (Å²) in [5.74, 6) is 0.745. The Hall–Kier alpha value is -1.11. The molecule has 0 atom stereocenters. The van der Waals surface area contributed by atoms with Gasteiger partial charge in [-0.05, 0) is 37.1 Å². The third-order valence-electron chi connectivity index (χ3n) is 5.35. The number of alkyl halides is 3. The number of guanidine groups is 1. The van der Waals surface area contributed by atoms with Crippen molar-refractivity contribution >= 4 is 29.9 Å². The van der Waals surface area contributed by atoms with Crippen molar-refractivity contribution in [1.82, 2.24) is 20.4 Å². The lowest BCUT2D eigenvalue weighted by Gasteiger charge is -2.34. The van der Waals surface area contributed by atoms with Crippen molar-refractivity contribution in [3.05, 3.63) is 35.4 Å². The van der Waals surface area contributed by atoms with Crippen molar-refractivity contribution in [3.63, 3.8) is 0 Å². The second-order valence-corrected chi connectivity index (χ2v) is 7.76. The van der Waals surface area contributed by atoms with E-state index in [-0.39, 0.29) is 30.6 Å². The predicted octanol–water partition coefficient (Wildman–Crippen LogP) is 3.47. The standard InChI is InChI=1S/C22H36F3N5O.HI/c1-3-29-12-14-30(15-13-29)11-5-4-10-27-21(26-2)28-16-19-6-8-20(9-7-19)17-31-18-22(23,24)25;/h6-9H,3-5,10-18H2,1-2H3,(H2,26,27,28);1H. The number of hydrogen-bond acceptors (Lipinski definition) is 4. The zero-order valence-electron chi connectivity index (χ0n) is 19.1. The molecule has 1 fully saturated rings. The van der Waals surface area contributed by atoms with E-state index in [2.05, 4.69) is 37.1 Å². The Morgan fingerprint density at radius 2 is 1.62 bits per heavy atom. The molecule has 1 aromatic carbocycles. The summed E-state index contributed by atoms with van der Waals surface area (Å²) in [6.45, 7) is 9.35. The highest BCUT2D eigenvalue weighted by Crippen LogP contribution is 2.15. The Bertz CT molecular complexity index is 650. The van der Waals surface area contributed by atoms with Gasteiger partial charge in [0.1, 0.15) is 6.61 Å². The van der Waals surface area contributed by atoms with Crippen LogP contribution in [0.3, 0.4) is 0 Å². The van der Waals surface area contributed by atoms with E-state index < -0.39 is 12.8 Å². The number of halogens is 4. The van der Waals surface area contributed by atoms with Crippen molar-refractivity contribution in [3.8, 4) is 0 Å². The second-order valence-electron chi connectivity index (χ2n) is 7.76. The van der Waals surface area contributed by atoms with Crippen molar-refractivity contribution < 1.29 is 17.9 Å². The number of benzene rings is 1. The van der Waals surface area contributed by atoms with Gasteiger partial charge in [0.2, 0.25) is 0 Å². The van der Waals surface area contributed by atoms with Gasteiger partial charge in [-0.15, -0.1) is 24.0 Å². The SMILES string of the molecule is CCN1CCN(CCCCNC(=NC)NCc2ccc(COCC(F)(F)F)cc2)CC1.I. The lowest BCUT2D eigenvalue weighted by Crippen LogP contribution is -2.46. The van der Waals surface area contributed by atoms with E-state index in [0.717, 1.165) is 57.1 Å². The molecule has 0 radical (unpaired) electrons. The molecule has 0 aliphatic carbocycles. The molecule has 2 rings (SSSR count). The van der Waals surface area contributed by atoms with Gasteiger partial charge in [-0.3, -0.25) is 4.99 Å². The van der Waals surface area contributed by atoms with Gasteiger partial charge in [0.25, 0.3) is 0 Å². The molecule has 184 valence electrons. The number of ether oxygens (including phenoxy) is 1. The van der Waals surface area contributed by atoms with Gasteiger partial charge in [0.05, 0.1) is 6.61 Å². The first-order chi connectivity index (χ1) is 14.9. The summed E-state index contributed by atoms with van der Waals surface area (Å²) in [7, 11) is 1.74. The molecule has 0 bridgehead atoms. The first-order valence-corrected chi connectivity index (χ1v) is 11.0. The van der Waals surface area contributed by atoms with Crippen LogP contribution in [0.2, 0.25) is 0 Å². The third kappa shape index (κ3) is 12.2. The molecule has 1 aliphatic heterocycles. The normalized spacial score (nSPS) is 16.0. The van der Waals surface area contributed by atoms with Gasteiger partial charge in [-0.1, -0.05) is 31.2 Å². The Kier molecular flexibility index (Phi) is 14.2. The summed E-state index contributed by atoms with van der Waals surface area (Å²) in [5.41, 5.74) is 1.74. The molecule has 0 aromatic heterocycles. The minimum absolute atomic E-state index is 0. The molecule has 0 unspecified atom stereocenters. The Balaban J connectivity index is 0.00000512. The number of nitrogens with one attached hydrogen (secondary N) is 2. The van der Waals surface area contributed by atoms with E-state index in [4.69, 9.17) is 0 Å². The van der Waals surface area contributed by atoms with Crippen molar-refractivity contribution in [2.75, 3.05) is 59.5 Å². The first kappa shape index (κ1) is 28.9. The molecule has 10 heteroatoms. The van der Waals surface area contributed by atoms with E-state index in [0.29, 0.717) is 12.1 Å². The number of hydrogen-bond donors (Lipinski definition) is 2. The lowest BCUT2D eigenvalue weighted by molar-refractivity contribution is -0.176. The molecule has 1 aliphatic rings. The fourth-order valence-corrected chi connectivity index (χ4v) is 3.44. The topological polar surface area (TPSA) is 52.1 Å². The predicted molar refractivity (Wildman–Crippen MR) is 134 cm³/mol.